The summed E-state index contributed by atoms with van der Waals surface area (Å²) in [5, 5.41) is 11.0. The molecule has 1 aliphatic carbocycles. The van der Waals surface area contributed by atoms with Crippen LogP contribution in [0.5, 0.6) is 11.5 Å². The molecule has 2 N–H and O–H groups in total. The van der Waals surface area contributed by atoms with Crippen LogP contribution in [-0.4, -0.2) is 57.2 Å². The van der Waals surface area contributed by atoms with E-state index in [0.717, 1.165) is 11.1 Å². The Balaban J connectivity index is 1.67. The number of methoxy groups -OCH3 is 1. The van der Waals surface area contributed by atoms with E-state index in [9.17, 15) is 18.3 Å². The number of amides is 1. The van der Waals surface area contributed by atoms with Crippen LogP contribution in [0.1, 0.15) is 40.4 Å². The molecule has 3 aromatic rings. The van der Waals surface area contributed by atoms with E-state index in [4.69, 9.17) is 21.1 Å². The third-order valence-corrected chi connectivity index (χ3v) is 8.38. The minimum atomic E-state index is -3.62. The average Bonchev–Trinajstić information content (AvgIpc) is 3.35. The Morgan fingerprint density at radius 1 is 1.08 bits per heavy atom. The van der Waals surface area contributed by atoms with Crippen LogP contribution in [0.15, 0.2) is 65.6 Å². The summed E-state index contributed by atoms with van der Waals surface area (Å²) in [4.78, 5) is 15.8. The van der Waals surface area contributed by atoms with Crippen LogP contribution < -0.4 is 9.46 Å². The number of carbonyl (C=O) groups is 1. The molecule has 1 aliphatic rings. The van der Waals surface area contributed by atoms with E-state index in [1.54, 1.807) is 60.5 Å². The van der Waals surface area contributed by atoms with Gasteiger partial charge in [-0.15, -0.1) is 0 Å². The highest BCUT2D eigenvalue weighted by Gasteiger charge is 2.33. The zero-order valence-electron chi connectivity index (χ0n) is 22.0. The van der Waals surface area contributed by atoms with Gasteiger partial charge < -0.3 is 19.5 Å². The van der Waals surface area contributed by atoms with Crippen molar-refractivity contribution < 1.29 is 27.8 Å². The van der Waals surface area contributed by atoms with E-state index in [2.05, 4.69) is 4.72 Å². The quantitative estimate of drug-likeness (QED) is 0.308. The van der Waals surface area contributed by atoms with Crippen molar-refractivity contribution in [3.63, 3.8) is 0 Å². The second-order valence-corrected chi connectivity index (χ2v) is 11.6. The van der Waals surface area contributed by atoms with Crippen LogP contribution in [0.2, 0.25) is 5.02 Å². The molecule has 0 heterocycles. The summed E-state index contributed by atoms with van der Waals surface area (Å²) in [5.41, 5.74) is 2.75. The van der Waals surface area contributed by atoms with Gasteiger partial charge >= 0.3 is 0 Å². The van der Waals surface area contributed by atoms with Gasteiger partial charge in [0, 0.05) is 36.8 Å². The van der Waals surface area contributed by atoms with Gasteiger partial charge in [-0.1, -0.05) is 36.7 Å². The Morgan fingerprint density at radius 2 is 1.85 bits per heavy atom. The first kappa shape index (κ1) is 28.9. The molecule has 0 saturated heterocycles. The van der Waals surface area contributed by atoms with E-state index in [-0.39, 0.29) is 34.7 Å². The molecule has 0 saturated carbocycles. The normalized spacial score (nSPS) is 14.7. The van der Waals surface area contributed by atoms with Crippen LogP contribution in [-0.2, 0) is 34.1 Å². The van der Waals surface area contributed by atoms with Gasteiger partial charge in [-0.2, -0.15) is 0 Å². The first-order valence-electron chi connectivity index (χ1n) is 12.8. The first-order valence-corrected chi connectivity index (χ1v) is 14.7. The van der Waals surface area contributed by atoms with Gasteiger partial charge in [0.1, 0.15) is 18.1 Å². The fourth-order valence-corrected chi connectivity index (χ4v) is 6.06. The van der Waals surface area contributed by atoms with Gasteiger partial charge in [-0.25, -0.2) is 13.1 Å². The van der Waals surface area contributed by atoms with Crippen LogP contribution in [0.3, 0.4) is 0 Å². The van der Waals surface area contributed by atoms with Crippen molar-refractivity contribution in [3.8, 4) is 11.5 Å². The number of ether oxygens (including phenoxy) is 2. The Hall–Kier alpha value is -3.11. The van der Waals surface area contributed by atoms with Crippen LogP contribution in [0.4, 0.5) is 0 Å². The minimum absolute atomic E-state index is 0.110. The number of fused-ring (bicyclic) bond motifs is 1. The number of nitrogens with zero attached hydrogens (tertiary/aromatic N) is 1. The van der Waals surface area contributed by atoms with Crippen molar-refractivity contribution in [2.45, 2.75) is 43.7 Å². The number of benzene rings is 3. The highest BCUT2D eigenvalue weighted by molar-refractivity contribution is 7.89. The molecule has 3 aromatic carbocycles. The lowest BCUT2D eigenvalue weighted by molar-refractivity contribution is 0.0661. The molecule has 1 amide bonds. The standard InChI is InChI=1S/C29H33ClN2O6S/c1-3-12-31-39(35,36)25-10-8-20-16-24(17-21(20)18-25)32(29(34)26-6-4-5-7-27(26)33)19-22-15-23(30)9-11-28(22)38-14-13-37-2/h4-11,15,18,24,31,33H,3,12-14,16-17,19H2,1-2H3. The van der Waals surface area contributed by atoms with Gasteiger partial charge in [-0.3, -0.25) is 4.79 Å². The third-order valence-electron chi connectivity index (χ3n) is 6.69. The van der Waals surface area contributed by atoms with E-state index >= 15 is 0 Å². The number of halogens is 1. The number of carbonyl (C=O) groups excluding carboxylic acids is 1. The Labute approximate surface area is 234 Å². The number of nitrogens with one attached hydrogen (secondary N) is 1. The van der Waals surface area contributed by atoms with Crippen LogP contribution >= 0.6 is 11.6 Å². The largest absolute Gasteiger partial charge is 0.507 e. The summed E-state index contributed by atoms with van der Waals surface area (Å²) in [5.74, 6) is 0.129. The molecule has 0 radical (unpaired) electrons. The molecule has 1 unspecified atom stereocenters. The number of sulfonamides is 1. The zero-order chi connectivity index (χ0) is 28.0. The second-order valence-electron chi connectivity index (χ2n) is 9.43. The summed E-state index contributed by atoms with van der Waals surface area (Å²) in [7, 11) is -2.03. The zero-order valence-corrected chi connectivity index (χ0v) is 23.6. The monoisotopic (exact) mass is 572 g/mol. The number of rotatable bonds is 12. The Kier molecular flexibility index (Phi) is 9.50. The maximum absolute atomic E-state index is 13.9. The van der Waals surface area contributed by atoms with Gasteiger partial charge in [0.15, 0.2) is 0 Å². The summed E-state index contributed by atoms with van der Waals surface area (Å²) in [6.07, 6.45) is 1.69. The van der Waals surface area contributed by atoms with E-state index in [1.807, 2.05) is 13.0 Å². The molecule has 10 heteroatoms. The van der Waals surface area contributed by atoms with Gasteiger partial charge in [0.25, 0.3) is 5.91 Å². The maximum Gasteiger partial charge on any atom is 0.258 e. The van der Waals surface area contributed by atoms with Crippen LogP contribution in [0.25, 0.3) is 0 Å². The predicted molar refractivity (Wildman–Crippen MR) is 150 cm³/mol. The number of hydrogen-bond acceptors (Lipinski definition) is 6. The molecule has 0 spiro atoms. The van der Waals surface area contributed by atoms with Gasteiger partial charge in [0.2, 0.25) is 10.0 Å². The number of hydrogen-bond donors (Lipinski definition) is 2. The number of para-hydroxylation sites is 1. The fourth-order valence-electron chi connectivity index (χ4n) is 4.69. The lowest BCUT2D eigenvalue weighted by atomic mass is 10.1. The molecule has 0 fully saturated rings. The molecule has 1 atom stereocenters. The third kappa shape index (κ3) is 6.91. The second kappa shape index (κ2) is 12.8. The molecular weight excluding hydrogens is 540 g/mol. The minimum Gasteiger partial charge on any atom is -0.507 e. The summed E-state index contributed by atoms with van der Waals surface area (Å²) < 4.78 is 39.0. The molecular formula is C29H33ClN2O6S. The number of phenolic OH excluding ortho intramolecular Hbond substituents is 1. The van der Waals surface area contributed by atoms with Crippen LogP contribution in [0, 0.1) is 0 Å². The SMILES string of the molecule is CCCNS(=O)(=O)c1ccc2c(c1)CC(N(Cc1cc(Cl)ccc1OCCOC)C(=O)c1ccccc1O)C2. The van der Waals surface area contributed by atoms with Crippen molar-refractivity contribution in [1.82, 2.24) is 9.62 Å². The predicted octanol–water partition coefficient (Wildman–Crippen LogP) is 4.57. The fraction of sp³-hybridized carbons (Fsp3) is 0.345. The molecule has 0 aliphatic heterocycles. The van der Waals surface area contributed by atoms with Crippen molar-refractivity contribution in [1.29, 1.82) is 0 Å². The highest BCUT2D eigenvalue weighted by atomic mass is 35.5. The highest BCUT2D eigenvalue weighted by Crippen LogP contribution is 2.33. The van der Waals surface area contributed by atoms with Crippen molar-refractivity contribution >= 4 is 27.5 Å². The summed E-state index contributed by atoms with van der Waals surface area (Å²) in [6, 6.07) is 16.5. The Bertz CT molecular complexity index is 1430. The number of aromatic hydroxyl groups is 1. The molecule has 208 valence electrons. The van der Waals surface area contributed by atoms with E-state index in [0.29, 0.717) is 55.4 Å². The Morgan fingerprint density at radius 3 is 2.59 bits per heavy atom. The maximum atomic E-state index is 13.9. The summed E-state index contributed by atoms with van der Waals surface area (Å²) >= 11 is 6.33. The van der Waals surface area contributed by atoms with Crippen molar-refractivity contribution in [2.24, 2.45) is 0 Å². The van der Waals surface area contributed by atoms with E-state index in [1.165, 1.54) is 6.07 Å². The summed E-state index contributed by atoms with van der Waals surface area (Å²) in [6.45, 7) is 3.17. The smallest absolute Gasteiger partial charge is 0.258 e. The lowest BCUT2D eigenvalue weighted by Gasteiger charge is -2.30. The number of phenols is 1. The topological polar surface area (TPSA) is 105 Å². The molecule has 39 heavy (non-hydrogen) atoms. The average molecular weight is 573 g/mol. The molecule has 0 bridgehead atoms. The first-order chi connectivity index (χ1) is 18.7. The van der Waals surface area contributed by atoms with Crippen molar-refractivity contribution in [3.05, 3.63) is 87.9 Å². The molecule has 0 aromatic heterocycles. The van der Waals surface area contributed by atoms with Crippen molar-refractivity contribution in [2.75, 3.05) is 26.9 Å². The van der Waals surface area contributed by atoms with Gasteiger partial charge in [0.05, 0.1) is 17.1 Å². The van der Waals surface area contributed by atoms with E-state index < -0.39 is 10.0 Å². The lowest BCUT2D eigenvalue weighted by Crippen LogP contribution is -2.40. The van der Waals surface area contributed by atoms with Gasteiger partial charge in [-0.05, 0) is 72.9 Å². The molecule has 8 nitrogen and oxygen atoms in total. The molecule has 4 rings (SSSR count).